The summed E-state index contributed by atoms with van der Waals surface area (Å²) in [5.41, 5.74) is 3.61. The molecule has 4 nitrogen and oxygen atoms in total. The molecule has 1 heterocycles. The Labute approximate surface area is 183 Å². The Balaban J connectivity index is 1.60. The SMILES string of the molecule is CCc1ccc(/C=C2\Oc3c(ccc(OC(=O)c4ccccc4Br)c3C)C2=O)cc1. The Morgan fingerprint density at radius 1 is 1.07 bits per heavy atom. The quantitative estimate of drug-likeness (QED) is 0.264. The molecule has 0 saturated heterocycles. The number of rotatable bonds is 4. The van der Waals surface area contributed by atoms with Gasteiger partial charge in [0.2, 0.25) is 5.78 Å². The summed E-state index contributed by atoms with van der Waals surface area (Å²) in [7, 11) is 0. The largest absolute Gasteiger partial charge is 0.452 e. The predicted octanol–water partition coefficient (Wildman–Crippen LogP) is 6.16. The molecule has 0 unspecified atom stereocenters. The number of aryl methyl sites for hydroxylation is 1. The molecule has 0 spiro atoms. The van der Waals surface area contributed by atoms with Gasteiger partial charge in [-0.05, 0) is 70.7 Å². The van der Waals surface area contributed by atoms with Crippen molar-refractivity contribution in [1.82, 2.24) is 0 Å². The first-order valence-corrected chi connectivity index (χ1v) is 10.4. The average molecular weight is 463 g/mol. The lowest BCUT2D eigenvalue weighted by molar-refractivity contribution is 0.0732. The number of fused-ring (bicyclic) bond motifs is 1. The van der Waals surface area contributed by atoms with E-state index in [0.29, 0.717) is 32.7 Å². The highest BCUT2D eigenvalue weighted by atomic mass is 79.9. The van der Waals surface area contributed by atoms with Gasteiger partial charge < -0.3 is 9.47 Å². The van der Waals surface area contributed by atoms with E-state index in [0.717, 1.165) is 12.0 Å². The summed E-state index contributed by atoms with van der Waals surface area (Å²) in [5.74, 6) is 0.370. The van der Waals surface area contributed by atoms with Gasteiger partial charge in [0.1, 0.15) is 11.5 Å². The van der Waals surface area contributed by atoms with Crippen LogP contribution < -0.4 is 9.47 Å². The summed E-state index contributed by atoms with van der Waals surface area (Å²) >= 11 is 3.36. The zero-order valence-electron chi connectivity index (χ0n) is 16.6. The topological polar surface area (TPSA) is 52.6 Å². The normalized spacial score (nSPS) is 13.8. The van der Waals surface area contributed by atoms with Crippen molar-refractivity contribution < 1.29 is 19.1 Å². The van der Waals surface area contributed by atoms with E-state index < -0.39 is 5.97 Å². The summed E-state index contributed by atoms with van der Waals surface area (Å²) in [4.78, 5) is 25.3. The molecule has 150 valence electrons. The molecule has 4 rings (SSSR count). The molecule has 1 aliphatic heterocycles. The zero-order valence-corrected chi connectivity index (χ0v) is 18.2. The minimum atomic E-state index is -0.485. The van der Waals surface area contributed by atoms with Gasteiger partial charge in [-0.25, -0.2) is 4.79 Å². The van der Waals surface area contributed by atoms with Gasteiger partial charge in [0.15, 0.2) is 5.76 Å². The molecule has 3 aromatic carbocycles. The maximum Gasteiger partial charge on any atom is 0.344 e. The van der Waals surface area contributed by atoms with Crippen molar-refractivity contribution in [3.63, 3.8) is 0 Å². The van der Waals surface area contributed by atoms with Gasteiger partial charge in [0.25, 0.3) is 0 Å². The van der Waals surface area contributed by atoms with Crippen molar-refractivity contribution in [2.75, 3.05) is 0 Å². The van der Waals surface area contributed by atoms with Crippen LogP contribution in [0, 0.1) is 6.92 Å². The Bertz CT molecular complexity index is 1180. The van der Waals surface area contributed by atoms with Crippen LogP contribution >= 0.6 is 15.9 Å². The number of Topliss-reactive ketones (excluding diaryl/α,β-unsaturated/α-hetero) is 1. The maximum atomic E-state index is 12.8. The molecule has 0 radical (unpaired) electrons. The van der Waals surface area contributed by atoms with Crippen molar-refractivity contribution in [3.05, 3.63) is 98.7 Å². The van der Waals surface area contributed by atoms with Crippen LogP contribution in [0.15, 0.2) is 70.9 Å². The van der Waals surface area contributed by atoms with Crippen LogP contribution in [0.3, 0.4) is 0 Å². The lowest BCUT2D eigenvalue weighted by Gasteiger charge is -2.10. The van der Waals surface area contributed by atoms with Crippen LogP contribution in [-0.4, -0.2) is 11.8 Å². The number of ether oxygens (including phenoxy) is 2. The molecule has 0 bridgehead atoms. The number of ketones is 1. The smallest absolute Gasteiger partial charge is 0.344 e. The Morgan fingerprint density at radius 2 is 1.80 bits per heavy atom. The summed E-state index contributed by atoms with van der Waals surface area (Å²) in [5, 5.41) is 0. The van der Waals surface area contributed by atoms with Crippen molar-refractivity contribution >= 4 is 33.8 Å². The van der Waals surface area contributed by atoms with E-state index >= 15 is 0 Å². The summed E-state index contributed by atoms with van der Waals surface area (Å²) in [6.45, 7) is 3.87. The predicted molar refractivity (Wildman–Crippen MR) is 119 cm³/mol. The highest BCUT2D eigenvalue weighted by molar-refractivity contribution is 9.10. The number of benzene rings is 3. The second-order valence-corrected chi connectivity index (χ2v) is 7.82. The van der Waals surface area contributed by atoms with Gasteiger partial charge in [-0.2, -0.15) is 0 Å². The molecule has 0 fully saturated rings. The Hall–Kier alpha value is -3.18. The fourth-order valence-electron chi connectivity index (χ4n) is 3.26. The van der Waals surface area contributed by atoms with Gasteiger partial charge in [-0.15, -0.1) is 0 Å². The van der Waals surface area contributed by atoms with Gasteiger partial charge >= 0.3 is 5.97 Å². The third kappa shape index (κ3) is 3.81. The lowest BCUT2D eigenvalue weighted by Crippen LogP contribution is -2.10. The van der Waals surface area contributed by atoms with Gasteiger partial charge in [0, 0.05) is 10.0 Å². The van der Waals surface area contributed by atoms with Crippen molar-refractivity contribution in [2.24, 2.45) is 0 Å². The molecule has 5 heteroatoms. The number of carbonyl (C=O) groups is 2. The molecule has 0 aliphatic carbocycles. The fraction of sp³-hybridized carbons (Fsp3) is 0.120. The number of carbonyl (C=O) groups excluding carboxylic acids is 2. The standard InChI is InChI=1S/C25H19BrO4/c1-3-16-8-10-17(11-9-16)14-22-23(27)19-12-13-21(15(2)24(19)29-22)30-25(28)18-6-4-5-7-20(18)26/h4-14H,3H2,1-2H3/b22-14-. The summed E-state index contributed by atoms with van der Waals surface area (Å²) in [6.07, 6.45) is 2.69. The molecule has 30 heavy (non-hydrogen) atoms. The van der Waals surface area contributed by atoms with E-state index in [-0.39, 0.29) is 11.5 Å². The number of allylic oxidation sites excluding steroid dienone is 1. The summed E-state index contributed by atoms with van der Waals surface area (Å²) in [6, 6.07) is 18.3. The van der Waals surface area contributed by atoms with Crippen LogP contribution in [0.2, 0.25) is 0 Å². The monoisotopic (exact) mass is 462 g/mol. The molecular formula is C25H19BrO4. The molecule has 0 saturated carbocycles. The highest BCUT2D eigenvalue weighted by Gasteiger charge is 2.30. The van der Waals surface area contributed by atoms with E-state index in [1.54, 1.807) is 43.3 Å². The minimum absolute atomic E-state index is 0.184. The molecule has 0 atom stereocenters. The van der Waals surface area contributed by atoms with Crippen LogP contribution in [0.25, 0.3) is 6.08 Å². The van der Waals surface area contributed by atoms with E-state index in [9.17, 15) is 9.59 Å². The number of halogens is 1. The van der Waals surface area contributed by atoms with E-state index in [1.165, 1.54) is 5.56 Å². The third-order valence-corrected chi connectivity index (χ3v) is 5.71. The molecular weight excluding hydrogens is 444 g/mol. The second-order valence-electron chi connectivity index (χ2n) is 6.97. The Kier molecular flexibility index (Phi) is 5.55. The second kappa shape index (κ2) is 8.28. The lowest BCUT2D eigenvalue weighted by atomic mass is 10.0. The first-order valence-electron chi connectivity index (χ1n) is 9.61. The molecule has 0 aromatic heterocycles. The molecule has 3 aromatic rings. The number of esters is 1. The van der Waals surface area contributed by atoms with E-state index in [4.69, 9.17) is 9.47 Å². The first-order chi connectivity index (χ1) is 14.5. The number of hydrogen-bond donors (Lipinski definition) is 0. The van der Waals surface area contributed by atoms with Crippen LogP contribution in [0.5, 0.6) is 11.5 Å². The van der Waals surface area contributed by atoms with Crippen molar-refractivity contribution in [1.29, 1.82) is 0 Å². The van der Waals surface area contributed by atoms with Crippen molar-refractivity contribution in [3.8, 4) is 11.5 Å². The summed E-state index contributed by atoms with van der Waals surface area (Å²) < 4.78 is 12.1. The van der Waals surface area contributed by atoms with E-state index in [1.807, 2.05) is 30.3 Å². The van der Waals surface area contributed by atoms with Crippen molar-refractivity contribution in [2.45, 2.75) is 20.3 Å². The minimum Gasteiger partial charge on any atom is -0.452 e. The average Bonchev–Trinajstić information content (AvgIpc) is 3.07. The fourth-order valence-corrected chi connectivity index (χ4v) is 3.71. The maximum absolute atomic E-state index is 12.8. The van der Waals surface area contributed by atoms with Crippen LogP contribution in [-0.2, 0) is 6.42 Å². The molecule has 1 aliphatic rings. The molecule has 0 amide bonds. The number of hydrogen-bond acceptors (Lipinski definition) is 4. The van der Waals surface area contributed by atoms with Crippen LogP contribution in [0.4, 0.5) is 0 Å². The van der Waals surface area contributed by atoms with Crippen LogP contribution in [0.1, 0.15) is 44.3 Å². The Morgan fingerprint density at radius 3 is 2.50 bits per heavy atom. The highest BCUT2D eigenvalue weighted by Crippen LogP contribution is 2.39. The first kappa shape index (κ1) is 20.1. The van der Waals surface area contributed by atoms with E-state index in [2.05, 4.69) is 22.9 Å². The molecule has 0 N–H and O–H groups in total. The van der Waals surface area contributed by atoms with Gasteiger partial charge in [-0.3, -0.25) is 4.79 Å². The van der Waals surface area contributed by atoms with Gasteiger partial charge in [0.05, 0.1) is 11.1 Å². The zero-order chi connectivity index (χ0) is 21.3. The van der Waals surface area contributed by atoms with Gasteiger partial charge in [-0.1, -0.05) is 43.3 Å². The third-order valence-electron chi connectivity index (χ3n) is 5.02.